The Kier molecular flexibility index (Phi) is 18.2. The zero-order valence-corrected chi connectivity index (χ0v) is 80.3. The van der Waals surface area contributed by atoms with Gasteiger partial charge in [0, 0.05) is 72.8 Å². The van der Waals surface area contributed by atoms with Crippen molar-refractivity contribution in [1.82, 2.24) is 0 Å². The molecule has 30 rings (SSSR count). The van der Waals surface area contributed by atoms with E-state index in [9.17, 15) is 0 Å². The maximum atomic E-state index is 2.62. The van der Waals surface area contributed by atoms with Crippen LogP contribution >= 0.6 is 47.0 Å². The largest absolute Gasteiger partial charge is 0.309 e. The first-order chi connectivity index (χ1) is 70.4. The molecule has 22 aromatic rings. The Balaban J connectivity index is 0.531. The molecule has 0 saturated carbocycles. The molecule has 0 bridgehead atoms. The van der Waals surface area contributed by atoms with Crippen LogP contribution in [-0.4, -0.2) is 0 Å². The molecule has 22 aromatic carbocycles. The van der Waals surface area contributed by atoms with Gasteiger partial charge < -0.3 is 9.80 Å². The molecule has 0 amide bonds. The summed E-state index contributed by atoms with van der Waals surface area (Å²) in [7, 11) is 0. The highest BCUT2D eigenvalue weighted by Crippen LogP contribution is 2.72. The Morgan fingerprint density at radius 3 is 0.655 bits per heavy atom. The first-order valence-corrected chi connectivity index (χ1v) is 52.3. The molecule has 2 nitrogen and oxygen atoms in total. The Labute approximate surface area is 843 Å². The van der Waals surface area contributed by atoms with E-state index in [-0.39, 0.29) is 0 Å². The zero-order valence-electron chi connectivity index (χ0n) is 77.0. The normalized spacial score (nSPS) is 15.1. The SMILES string of the molecule is c1ccc(-c2cccc(-c3ccc(N(c4cccc5c4-c4ccccc4C54c5ccccc5Sc5ccccc54)c4cccc5c4-c4ccccc4C54c5ccccc5Sc5c(-c6ccc(-c7ccc(-c8ccc(N(c9cccc%10c9-c9ccccc9C%109c%10ccccc%10Sc%10ccccc%109)c9cccc%10c9-c9ccccc9C%109c%10ccccc%10Sc%10ccccc%109)cc8)cc7)cc6)cccc54)cc3)c2)cc1. The third-order valence-corrected chi connectivity index (χ3v) is 36.5. The fourth-order valence-electron chi connectivity index (χ4n) is 26.2. The molecule has 0 fully saturated rings. The molecule has 1 atom stereocenters. The van der Waals surface area contributed by atoms with Crippen LogP contribution in [0.2, 0.25) is 0 Å². The third kappa shape index (κ3) is 11.4. The maximum absolute atomic E-state index is 2.62. The van der Waals surface area contributed by atoms with Crippen molar-refractivity contribution >= 4 is 81.2 Å². The van der Waals surface area contributed by atoms with Crippen molar-refractivity contribution in [3.05, 3.63) is 599 Å². The highest BCUT2D eigenvalue weighted by Gasteiger charge is 2.57. The van der Waals surface area contributed by atoms with Gasteiger partial charge in [0.25, 0.3) is 0 Å². The van der Waals surface area contributed by atoms with Crippen LogP contribution < -0.4 is 9.80 Å². The summed E-state index contributed by atoms with van der Waals surface area (Å²) < 4.78 is 0. The van der Waals surface area contributed by atoms with Crippen LogP contribution in [0.3, 0.4) is 0 Å². The van der Waals surface area contributed by atoms with Crippen molar-refractivity contribution in [2.24, 2.45) is 0 Å². The second kappa shape index (κ2) is 31.7. The maximum Gasteiger partial charge on any atom is 0.0736 e. The minimum Gasteiger partial charge on any atom is -0.309 e. The smallest absolute Gasteiger partial charge is 0.0736 e. The molecule has 4 aliphatic heterocycles. The van der Waals surface area contributed by atoms with Crippen molar-refractivity contribution in [2.75, 3.05) is 9.80 Å². The van der Waals surface area contributed by atoms with Crippen LogP contribution in [0, 0.1) is 0 Å². The molecule has 0 radical (unpaired) electrons. The van der Waals surface area contributed by atoms with Gasteiger partial charge in [-0.25, -0.2) is 0 Å². The fourth-order valence-corrected chi connectivity index (χ4v) is 31.1. The number of nitrogens with zero attached hydrogens (tertiary/aromatic N) is 2. The number of anilines is 6. The summed E-state index contributed by atoms with van der Waals surface area (Å²) in [6, 6.07) is 194. The van der Waals surface area contributed by atoms with Crippen LogP contribution in [0.25, 0.3) is 100 Å². The Hall–Kier alpha value is -16.2. The lowest BCUT2D eigenvalue weighted by Crippen LogP contribution is -2.32. The van der Waals surface area contributed by atoms with Crippen LogP contribution in [0.1, 0.15) is 89.0 Å². The summed E-state index contributed by atoms with van der Waals surface area (Å²) in [4.78, 5) is 15.5. The van der Waals surface area contributed by atoms with Crippen LogP contribution in [0.15, 0.2) is 549 Å². The summed E-state index contributed by atoms with van der Waals surface area (Å²) >= 11 is 7.59. The standard InChI is InChI=1S/C136H84N2S4/c1-2-32-85(33-3-1)92-34-26-35-93(84-92)90-78-82-95(83-79-90)138(119-59-30-54-114-130(119)99-38-6-10-43-103(99)135(114)109-49-16-23-65-125(109)141-126-66-24-17-50-110(126)135)120-60-31-55-115-131(120)100-39-7-11-44-104(100)136(115)111-51-18-25-67-127(111)142-132-96(40-27-56-116(132)136)91-74-72-88(73-75-91)86-68-70-87(71-69-86)89-76-80-94(81-77-89)137(117-57-28-52-112-128(117)97-36-4-8-41-101(97)133(112)105-45-12-19-61-121(105)139-122-62-20-13-46-106(122)133)118-58-29-53-113-129(118)98-37-5-9-42-102(98)134(113)107-47-14-21-63-123(107)140-124-64-22-15-48-108(124)134/h1-84H. The average Bonchev–Trinajstić information content (AvgIpc) is 1.52. The molecule has 0 saturated heterocycles. The fraction of sp³-hybridized carbons (Fsp3) is 0.0294. The molecule has 8 aliphatic rings. The Bertz CT molecular complexity index is 8740. The summed E-state index contributed by atoms with van der Waals surface area (Å²) in [5, 5.41) is 0. The first kappa shape index (κ1) is 81.8. The summed E-state index contributed by atoms with van der Waals surface area (Å²) in [5.74, 6) is 0. The minimum atomic E-state index is -0.707. The monoisotopic (exact) mass is 1870 g/mol. The minimum absolute atomic E-state index is 0.571. The van der Waals surface area contributed by atoms with Gasteiger partial charge in [-0.1, -0.05) is 460 Å². The summed E-state index contributed by atoms with van der Waals surface area (Å²) in [6.07, 6.45) is 0. The van der Waals surface area contributed by atoms with Crippen molar-refractivity contribution in [3.63, 3.8) is 0 Å². The molecule has 1 unspecified atom stereocenters. The number of fused-ring (bicyclic) bond motifs is 36. The molecular weight excluding hydrogens is 1790 g/mol. The number of hydrogen-bond donors (Lipinski definition) is 0. The molecule has 4 heterocycles. The van der Waals surface area contributed by atoms with Gasteiger partial charge in [0.15, 0.2) is 0 Å². The second-order valence-corrected chi connectivity index (χ2v) is 42.7. The van der Waals surface area contributed by atoms with E-state index in [2.05, 4.69) is 519 Å². The number of rotatable bonds is 11. The molecule has 142 heavy (non-hydrogen) atoms. The topological polar surface area (TPSA) is 6.48 Å². The average molecular weight is 1870 g/mol. The Morgan fingerprint density at radius 1 is 0.134 bits per heavy atom. The molecule has 0 aromatic heterocycles. The predicted octanol–water partition coefficient (Wildman–Crippen LogP) is 36.3. The van der Waals surface area contributed by atoms with Gasteiger partial charge in [0.2, 0.25) is 0 Å². The molecular formula is C136H84N2S4. The van der Waals surface area contributed by atoms with E-state index in [1.165, 1.54) is 201 Å². The molecule has 6 heteroatoms. The van der Waals surface area contributed by atoms with Crippen LogP contribution in [0.5, 0.6) is 0 Å². The van der Waals surface area contributed by atoms with E-state index in [4.69, 9.17) is 0 Å². The van der Waals surface area contributed by atoms with Crippen molar-refractivity contribution in [3.8, 4) is 100 Å². The predicted molar refractivity (Wildman–Crippen MR) is 589 cm³/mol. The van der Waals surface area contributed by atoms with E-state index >= 15 is 0 Å². The molecule has 4 aliphatic carbocycles. The highest BCUT2D eigenvalue weighted by molar-refractivity contribution is 8.00. The van der Waals surface area contributed by atoms with Crippen molar-refractivity contribution < 1.29 is 0 Å². The van der Waals surface area contributed by atoms with Gasteiger partial charge in [-0.05, 0) is 264 Å². The quantitative estimate of drug-likeness (QED) is 0.126. The van der Waals surface area contributed by atoms with Gasteiger partial charge in [-0.3, -0.25) is 0 Å². The summed E-state index contributed by atoms with van der Waals surface area (Å²) in [5.41, 5.74) is 46.8. The molecule has 0 N–H and O–H groups in total. The van der Waals surface area contributed by atoms with E-state index in [0.29, 0.717) is 0 Å². The number of hydrogen-bond acceptors (Lipinski definition) is 6. The van der Waals surface area contributed by atoms with Gasteiger partial charge in [-0.15, -0.1) is 0 Å². The van der Waals surface area contributed by atoms with Crippen molar-refractivity contribution in [2.45, 2.75) is 60.8 Å². The van der Waals surface area contributed by atoms with Gasteiger partial charge in [-0.2, -0.15) is 0 Å². The van der Waals surface area contributed by atoms with Gasteiger partial charge in [0.1, 0.15) is 0 Å². The lowest BCUT2D eigenvalue weighted by atomic mass is 9.67. The van der Waals surface area contributed by atoms with Crippen LogP contribution in [0.4, 0.5) is 34.1 Å². The van der Waals surface area contributed by atoms with E-state index in [1.54, 1.807) is 0 Å². The second-order valence-electron chi connectivity index (χ2n) is 38.4. The first-order valence-electron chi connectivity index (χ1n) is 49.1. The van der Waals surface area contributed by atoms with Crippen LogP contribution in [-0.2, 0) is 21.7 Å². The van der Waals surface area contributed by atoms with Gasteiger partial charge >= 0.3 is 0 Å². The number of benzene rings is 22. The Morgan fingerprint density at radius 2 is 0.338 bits per heavy atom. The van der Waals surface area contributed by atoms with E-state index < -0.39 is 21.7 Å². The highest BCUT2D eigenvalue weighted by atomic mass is 32.2. The lowest BCUT2D eigenvalue weighted by molar-refractivity contribution is 0.722. The molecule has 4 spiro atoms. The third-order valence-electron chi connectivity index (χ3n) is 31.8. The zero-order chi connectivity index (χ0) is 93.1. The summed E-state index contributed by atoms with van der Waals surface area (Å²) in [6.45, 7) is 0. The molecule has 662 valence electrons. The van der Waals surface area contributed by atoms with E-state index in [1.807, 2.05) is 47.0 Å². The van der Waals surface area contributed by atoms with E-state index in [0.717, 1.165) is 61.9 Å². The lowest BCUT2D eigenvalue weighted by Gasteiger charge is -2.40. The van der Waals surface area contributed by atoms with Crippen molar-refractivity contribution in [1.29, 1.82) is 0 Å². The van der Waals surface area contributed by atoms with Gasteiger partial charge in [0.05, 0.1) is 44.4 Å².